The molecule has 1 saturated heterocycles. The second kappa shape index (κ2) is 4.21. The first-order chi connectivity index (χ1) is 7.60. The lowest BCUT2D eigenvalue weighted by atomic mass is 9.80. The van der Waals surface area contributed by atoms with Gasteiger partial charge in [0.15, 0.2) is 5.82 Å². The number of aryl methyl sites for hydroxylation is 1. The molecule has 0 atom stereocenters. The number of nitrogens with zero attached hydrogens (tertiary/aromatic N) is 2. The Morgan fingerprint density at radius 1 is 1.50 bits per heavy atom. The van der Waals surface area contributed by atoms with Crippen molar-refractivity contribution in [2.24, 2.45) is 5.41 Å². The molecule has 88 valence electrons. The maximum atomic E-state index is 12.0. The van der Waals surface area contributed by atoms with Gasteiger partial charge in [0.25, 0.3) is 0 Å². The summed E-state index contributed by atoms with van der Waals surface area (Å²) < 4.78 is 4.86. The summed E-state index contributed by atoms with van der Waals surface area (Å²) >= 11 is 0. The molecule has 1 fully saturated rings. The molecule has 1 aromatic heterocycles. The summed E-state index contributed by atoms with van der Waals surface area (Å²) in [6.07, 6.45) is 1.65. The van der Waals surface area contributed by atoms with Crippen molar-refractivity contribution in [3.8, 4) is 0 Å². The van der Waals surface area contributed by atoms with Crippen LogP contribution in [-0.4, -0.2) is 29.1 Å². The van der Waals surface area contributed by atoms with E-state index in [-0.39, 0.29) is 17.3 Å². The van der Waals surface area contributed by atoms with Crippen molar-refractivity contribution in [1.29, 1.82) is 0 Å². The quantitative estimate of drug-likeness (QED) is 0.773. The number of aromatic nitrogens is 2. The summed E-state index contributed by atoms with van der Waals surface area (Å²) in [5.41, 5.74) is -0.340. The number of piperidine rings is 1. The van der Waals surface area contributed by atoms with Crippen LogP contribution in [0.25, 0.3) is 0 Å². The van der Waals surface area contributed by atoms with Crippen LogP contribution in [0.5, 0.6) is 0 Å². The number of rotatable bonds is 2. The fourth-order valence-corrected chi connectivity index (χ4v) is 1.80. The Morgan fingerprint density at radius 3 is 2.75 bits per heavy atom. The van der Waals surface area contributed by atoms with Crippen LogP contribution in [0.3, 0.4) is 0 Å². The lowest BCUT2D eigenvalue weighted by Gasteiger charge is -2.31. The molecular weight excluding hydrogens is 208 g/mol. The minimum atomic E-state index is -0.340. The molecule has 2 N–H and O–H groups in total. The molecule has 2 heterocycles. The van der Waals surface area contributed by atoms with Crippen LogP contribution in [-0.2, 0) is 4.79 Å². The van der Waals surface area contributed by atoms with Crippen molar-refractivity contribution >= 4 is 11.9 Å². The van der Waals surface area contributed by atoms with Gasteiger partial charge in [0, 0.05) is 5.41 Å². The van der Waals surface area contributed by atoms with Gasteiger partial charge in [-0.25, -0.2) is 0 Å². The van der Waals surface area contributed by atoms with Gasteiger partial charge in [-0.1, -0.05) is 12.1 Å². The van der Waals surface area contributed by atoms with Gasteiger partial charge in [0.1, 0.15) is 0 Å². The average molecular weight is 224 g/mol. The average Bonchev–Trinajstić information content (AvgIpc) is 2.65. The van der Waals surface area contributed by atoms with E-state index in [4.69, 9.17) is 4.52 Å². The highest BCUT2D eigenvalue weighted by molar-refractivity contribution is 5.93. The largest absolute Gasteiger partial charge is 0.328 e. The van der Waals surface area contributed by atoms with Crippen LogP contribution in [0.2, 0.25) is 0 Å². The van der Waals surface area contributed by atoms with E-state index < -0.39 is 0 Å². The highest BCUT2D eigenvalue weighted by Gasteiger charge is 2.35. The van der Waals surface area contributed by atoms with Crippen LogP contribution in [0.1, 0.15) is 25.6 Å². The fourth-order valence-electron chi connectivity index (χ4n) is 1.80. The van der Waals surface area contributed by atoms with E-state index in [9.17, 15) is 4.79 Å². The molecule has 0 spiro atoms. The Morgan fingerprint density at radius 2 is 2.19 bits per heavy atom. The van der Waals surface area contributed by atoms with Crippen molar-refractivity contribution in [2.75, 3.05) is 18.4 Å². The van der Waals surface area contributed by atoms with E-state index in [2.05, 4.69) is 20.8 Å². The van der Waals surface area contributed by atoms with Crippen molar-refractivity contribution < 1.29 is 9.32 Å². The Labute approximate surface area is 93.8 Å². The Kier molecular flexibility index (Phi) is 2.91. The number of hydrogen-bond acceptors (Lipinski definition) is 5. The molecule has 0 aromatic carbocycles. The molecule has 1 aromatic rings. The molecule has 1 aliphatic rings. The second-order valence-corrected chi connectivity index (χ2v) is 4.41. The maximum Gasteiger partial charge on any atom is 0.328 e. The third-order valence-electron chi connectivity index (χ3n) is 3.00. The molecule has 0 saturated carbocycles. The van der Waals surface area contributed by atoms with E-state index in [0.29, 0.717) is 5.82 Å². The summed E-state index contributed by atoms with van der Waals surface area (Å²) in [5.74, 6) is 0.475. The molecule has 6 nitrogen and oxygen atoms in total. The molecule has 16 heavy (non-hydrogen) atoms. The van der Waals surface area contributed by atoms with Crippen LogP contribution in [0, 0.1) is 12.3 Å². The predicted octanol–water partition coefficient (Wildman–Crippen LogP) is 0.706. The van der Waals surface area contributed by atoms with Gasteiger partial charge < -0.3 is 9.84 Å². The molecule has 1 amide bonds. The number of nitrogens with one attached hydrogen (secondary N) is 2. The molecule has 2 rings (SSSR count). The highest BCUT2D eigenvalue weighted by atomic mass is 16.5. The number of anilines is 1. The SMILES string of the molecule is Cc1noc(NC(=O)C2(C)CCNCC2)n1. The topological polar surface area (TPSA) is 80.0 Å². The maximum absolute atomic E-state index is 12.0. The third-order valence-corrected chi connectivity index (χ3v) is 3.00. The molecular formula is C10H16N4O2. The number of hydrogen-bond donors (Lipinski definition) is 2. The highest BCUT2D eigenvalue weighted by Crippen LogP contribution is 2.29. The summed E-state index contributed by atoms with van der Waals surface area (Å²) in [6.45, 7) is 5.41. The summed E-state index contributed by atoms with van der Waals surface area (Å²) in [4.78, 5) is 16.0. The second-order valence-electron chi connectivity index (χ2n) is 4.41. The van der Waals surface area contributed by atoms with Gasteiger partial charge in [-0.15, -0.1) is 0 Å². The molecule has 0 aliphatic carbocycles. The molecule has 0 radical (unpaired) electrons. The smallest absolute Gasteiger partial charge is 0.317 e. The minimum absolute atomic E-state index is 0.0438. The number of carbonyl (C=O) groups is 1. The van der Waals surface area contributed by atoms with Gasteiger partial charge in [-0.3, -0.25) is 10.1 Å². The first-order valence-corrected chi connectivity index (χ1v) is 5.43. The van der Waals surface area contributed by atoms with Crippen LogP contribution in [0.4, 0.5) is 6.01 Å². The van der Waals surface area contributed by atoms with E-state index in [0.717, 1.165) is 25.9 Å². The van der Waals surface area contributed by atoms with Gasteiger partial charge in [0.05, 0.1) is 0 Å². The van der Waals surface area contributed by atoms with Gasteiger partial charge >= 0.3 is 6.01 Å². The fraction of sp³-hybridized carbons (Fsp3) is 0.700. The number of carbonyl (C=O) groups excluding carboxylic acids is 1. The molecule has 1 aliphatic heterocycles. The van der Waals surface area contributed by atoms with E-state index in [1.807, 2.05) is 6.92 Å². The van der Waals surface area contributed by atoms with Crippen molar-refractivity contribution in [1.82, 2.24) is 15.5 Å². The van der Waals surface area contributed by atoms with Gasteiger partial charge in [-0.05, 0) is 32.9 Å². The van der Waals surface area contributed by atoms with Crippen LogP contribution < -0.4 is 10.6 Å². The first-order valence-electron chi connectivity index (χ1n) is 5.43. The van der Waals surface area contributed by atoms with Gasteiger partial charge in [0.2, 0.25) is 5.91 Å². The zero-order chi connectivity index (χ0) is 11.6. The number of amides is 1. The first kappa shape index (κ1) is 11.1. The Bertz CT molecular complexity index is 382. The molecule has 0 bridgehead atoms. The summed E-state index contributed by atoms with van der Waals surface area (Å²) in [7, 11) is 0. The van der Waals surface area contributed by atoms with Crippen molar-refractivity contribution in [3.63, 3.8) is 0 Å². The van der Waals surface area contributed by atoms with Crippen molar-refractivity contribution in [2.45, 2.75) is 26.7 Å². The lowest BCUT2D eigenvalue weighted by molar-refractivity contribution is -0.126. The Balaban J connectivity index is 2.01. The molecule has 6 heteroatoms. The van der Waals surface area contributed by atoms with E-state index in [1.54, 1.807) is 6.92 Å². The van der Waals surface area contributed by atoms with Crippen molar-refractivity contribution in [3.05, 3.63) is 5.82 Å². The summed E-state index contributed by atoms with van der Waals surface area (Å²) in [5, 5.41) is 9.52. The van der Waals surface area contributed by atoms with Gasteiger partial charge in [-0.2, -0.15) is 4.98 Å². The minimum Gasteiger partial charge on any atom is -0.317 e. The Hall–Kier alpha value is -1.43. The molecule has 0 unspecified atom stereocenters. The van der Waals surface area contributed by atoms with E-state index in [1.165, 1.54) is 0 Å². The standard InChI is InChI=1S/C10H16N4O2/c1-7-12-9(16-14-7)13-8(15)10(2)3-5-11-6-4-10/h11H,3-6H2,1-2H3,(H,12,13,14,15). The zero-order valence-electron chi connectivity index (χ0n) is 9.54. The lowest BCUT2D eigenvalue weighted by Crippen LogP contribution is -2.42. The summed E-state index contributed by atoms with van der Waals surface area (Å²) in [6, 6.07) is 0.183. The van der Waals surface area contributed by atoms with E-state index >= 15 is 0 Å². The van der Waals surface area contributed by atoms with Crippen LogP contribution in [0.15, 0.2) is 4.52 Å². The van der Waals surface area contributed by atoms with Crippen LogP contribution >= 0.6 is 0 Å². The predicted molar refractivity (Wildman–Crippen MR) is 57.9 cm³/mol. The normalized spacial score (nSPS) is 19.4. The third kappa shape index (κ3) is 2.21. The zero-order valence-corrected chi connectivity index (χ0v) is 9.54. The monoisotopic (exact) mass is 224 g/mol.